The maximum Gasteiger partial charge on any atom is 0.416 e. The van der Waals surface area contributed by atoms with Crippen molar-refractivity contribution in [1.82, 2.24) is 6.15 Å². The van der Waals surface area contributed by atoms with Crippen LogP contribution in [0.2, 0.25) is 5.02 Å². The second-order valence-corrected chi connectivity index (χ2v) is 3.90. The van der Waals surface area contributed by atoms with Gasteiger partial charge in [0.2, 0.25) is 0 Å². The molecule has 0 aliphatic rings. The number of hydrogen-bond acceptors (Lipinski definition) is 2. The van der Waals surface area contributed by atoms with Crippen LogP contribution < -0.4 is 11.5 Å². The molecule has 1 aromatic carbocycles. The summed E-state index contributed by atoms with van der Waals surface area (Å²) in [6.07, 6.45) is -4.34. The number of benzene rings is 1. The van der Waals surface area contributed by atoms with Crippen molar-refractivity contribution in [2.24, 2.45) is 0 Å². The minimum absolute atomic E-state index is 0. The predicted molar refractivity (Wildman–Crippen MR) is 60.2 cm³/mol. The summed E-state index contributed by atoms with van der Waals surface area (Å²) >= 11 is 5.76. The zero-order valence-corrected chi connectivity index (χ0v) is 9.78. The van der Waals surface area contributed by atoms with E-state index in [1.807, 2.05) is 13.8 Å². The standard InChI is InChI=1S/C10H11ClF3N.H3N/c1-6(2)15-9-5-7(10(12,13)14)3-4-8(9)11;/h3-6,15H,1-2H3;1H3. The first kappa shape index (κ1) is 15.1. The molecular weight excluding hydrogens is 241 g/mol. The lowest BCUT2D eigenvalue weighted by molar-refractivity contribution is -0.137. The zero-order valence-electron chi connectivity index (χ0n) is 9.03. The highest BCUT2D eigenvalue weighted by molar-refractivity contribution is 6.33. The van der Waals surface area contributed by atoms with E-state index in [4.69, 9.17) is 11.6 Å². The van der Waals surface area contributed by atoms with Gasteiger partial charge in [-0.15, -0.1) is 0 Å². The van der Waals surface area contributed by atoms with Gasteiger partial charge in [0.05, 0.1) is 16.3 Å². The molecule has 92 valence electrons. The largest absolute Gasteiger partial charge is 0.416 e. The molecule has 16 heavy (non-hydrogen) atoms. The fraction of sp³-hybridized carbons (Fsp3) is 0.400. The highest BCUT2D eigenvalue weighted by Crippen LogP contribution is 2.33. The van der Waals surface area contributed by atoms with Crippen LogP contribution in [0.4, 0.5) is 18.9 Å². The second kappa shape index (κ2) is 5.41. The molecule has 0 fully saturated rings. The van der Waals surface area contributed by atoms with Crippen molar-refractivity contribution in [3.8, 4) is 0 Å². The lowest BCUT2D eigenvalue weighted by Gasteiger charge is -2.14. The Balaban J connectivity index is 0.00000225. The summed E-state index contributed by atoms with van der Waals surface area (Å²) in [5, 5.41) is 3.14. The van der Waals surface area contributed by atoms with E-state index in [1.54, 1.807) is 0 Å². The monoisotopic (exact) mass is 254 g/mol. The predicted octanol–water partition coefficient (Wildman–Crippen LogP) is 4.34. The van der Waals surface area contributed by atoms with Crippen molar-refractivity contribution < 1.29 is 13.2 Å². The first-order valence-corrected chi connectivity index (χ1v) is 4.82. The molecule has 0 amide bonds. The Morgan fingerprint density at radius 2 is 1.81 bits per heavy atom. The van der Waals surface area contributed by atoms with Gasteiger partial charge in [-0.3, -0.25) is 0 Å². The molecule has 4 N–H and O–H groups in total. The van der Waals surface area contributed by atoms with E-state index in [1.165, 1.54) is 6.07 Å². The molecule has 1 rings (SSSR count). The Labute approximate surface area is 97.4 Å². The molecule has 0 heterocycles. The third-order valence-electron chi connectivity index (χ3n) is 1.74. The van der Waals surface area contributed by atoms with Crippen molar-refractivity contribution in [3.05, 3.63) is 28.8 Å². The van der Waals surface area contributed by atoms with Gasteiger partial charge in [-0.1, -0.05) is 11.6 Å². The van der Waals surface area contributed by atoms with Crippen LogP contribution in [0.1, 0.15) is 19.4 Å². The molecule has 2 nitrogen and oxygen atoms in total. The first-order valence-electron chi connectivity index (χ1n) is 4.44. The molecular formula is C10H14ClF3N2. The van der Waals surface area contributed by atoms with E-state index in [-0.39, 0.29) is 17.2 Å². The van der Waals surface area contributed by atoms with Crippen molar-refractivity contribution in [3.63, 3.8) is 0 Å². The van der Waals surface area contributed by atoms with E-state index in [9.17, 15) is 13.2 Å². The van der Waals surface area contributed by atoms with Crippen LogP contribution in [-0.4, -0.2) is 6.04 Å². The second-order valence-electron chi connectivity index (χ2n) is 3.49. The Kier molecular flexibility index (Phi) is 5.09. The van der Waals surface area contributed by atoms with Crippen LogP contribution in [-0.2, 0) is 6.18 Å². The molecule has 0 radical (unpaired) electrons. The number of alkyl halides is 3. The maximum absolute atomic E-state index is 12.4. The molecule has 0 saturated carbocycles. The maximum atomic E-state index is 12.4. The molecule has 0 aliphatic heterocycles. The van der Waals surface area contributed by atoms with E-state index in [0.29, 0.717) is 5.69 Å². The number of halogens is 4. The smallest absolute Gasteiger partial charge is 0.382 e. The summed E-state index contributed by atoms with van der Waals surface area (Å²) in [5.41, 5.74) is -0.392. The molecule has 0 unspecified atom stereocenters. The molecule has 0 saturated heterocycles. The summed E-state index contributed by atoms with van der Waals surface area (Å²) in [7, 11) is 0. The van der Waals surface area contributed by atoms with Gasteiger partial charge in [0, 0.05) is 6.04 Å². The van der Waals surface area contributed by atoms with Crippen LogP contribution in [0.3, 0.4) is 0 Å². The van der Waals surface area contributed by atoms with Crippen molar-refractivity contribution in [2.75, 3.05) is 5.32 Å². The van der Waals surface area contributed by atoms with Gasteiger partial charge in [0.15, 0.2) is 0 Å². The van der Waals surface area contributed by atoms with E-state index < -0.39 is 11.7 Å². The molecule has 0 aliphatic carbocycles. The topological polar surface area (TPSA) is 47.0 Å². The Morgan fingerprint density at radius 1 is 1.25 bits per heavy atom. The lowest BCUT2D eigenvalue weighted by Crippen LogP contribution is -2.12. The van der Waals surface area contributed by atoms with Gasteiger partial charge in [0.1, 0.15) is 0 Å². The van der Waals surface area contributed by atoms with Gasteiger partial charge in [0.25, 0.3) is 0 Å². The fourth-order valence-corrected chi connectivity index (χ4v) is 1.30. The van der Waals surface area contributed by atoms with Crippen LogP contribution in [0.15, 0.2) is 18.2 Å². The summed E-state index contributed by atoms with van der Waals surface area (Å²) in [4.78, 5) is 0. The lowest BCUT2D eigenvalue weighted by atomic mass is 10.2. The zero-order chi connectivity index (χ0) is 11.6. The third kappa shape index (κ3) is 3.90. The van der Waals surface area contributed by atoms with Gasteiger partial charge >= 0.3 is 6.18 Å². The third-order valence-corrected chi connectivity index (χ3v) is 2.07. The minimum Gasteiger partial charge on any atom is -0.382 e. The highest BCUT2D eigenvalue weighted by atomic mass is 35.5. The van der Waals surface area contributed by atoms with E-state index >= 15 is 0 Å². The summed E-state index contributed by atoms with van der Waals surface area (Å²) in [6, 6.07) is 3.26. The van der Waals surface area contributed by atoms with Crippen LogP contribution in [0.5, 0.6) is 0 Å². The highest BCUT2D eigenvalue weighted by Gasteiger charge is 2.30. The Bertz CT molecular complexity index is 350. The van der Waals surface area contributed by atoms with E-state index in [2.05, 4.69) is 5.32 Å². The SMILES string of the molecule is CC(C)Nc1cc(C(F)(F)F)ccc1Cl.N. The van der Waals surface area contributed by atoms with Gasteiger partial charge in [-0.2, -0.15) is 13.2 Å². The molecule has 1 aromatic rings. The Morgan fingerprint density at radius 3 is 2.25 bits per heavy atom. The van der Waals surface area contributed by atoms with Crippen molar-refractivity contribution in [1.29, 1.82) is 0 Å². The van der Waals surface area contributed by atoms with E-state index in [0.717, 1.165) is 12.1 Å². The summed E-state index contributed by atoms with van der Waals surface area (Å²) in [5.74, 6) is 0. The van der Waals surface area contributed by atoms with Crippen molar-refractivity contribution in [2.45, 2.75) is 26.1 Å². The number of hydrogen-bond donors (Lipinski definition) is 2. The Hall–Kier alpha value is -0.940. The quantitative estimate of drug-likeness (QED) is 0.825. The first-order chi connectivity index (χ1) is 6.80. The number of anilines is 1. The molecule has 6 heteroatoms. The average molecular weight is 255 g/mol. The molecule has 0 aromatic heterocycles. The van der Waals surface area contributed by atoms with Crippen LogP contribution in [0.25, 0.3) is 0 Å². The van der Waals surface area contributed by atoms with Gasteiger partial charge < -0.3 is 11.5 Å². The van der Waals surface area contributed by atoms with Crippen LogP contribution in [0, 0.1) is 0 Å². The molecule has 0 bridgehead atoms. The minimum atomic E-state index is -4.34. The van der Waals surface area contributed by atoms with Crippen molar-refractivity contribution >= 4 is 17.3 Å². The summed E-state index contributed by atoms with van der Waals surface area (Å²) < 4.78 is 37.1. The fourth-order valence-electron chi connectivity index (χ4n) is 1.12. The number of nitrogens with one attached hydrogen (secondary N) is 1. The van der Waals surface area contributed by atoms with Gasteiger partial charge in [-0.25, -0.2) is 0 Å². The average Bonchev–Trinajstić information content (AvgIpc) is 2.06. The number of rotatable bonds is 2. The van der Waals surface area contributed by atoms with Crippen LogP contribution >= 0.6 is 11.6 Å². The molecule has 0 spiro atoms. The molecule has 0 atom stereocenters. The normalized spacial score (nSPS) is 11.2. The summed E-state index contributed by atoms with van der Waals surface area (Å²) in [6.45, 7) is 3.66. The van der Waals surface area contributed by atoms with Gasteiger partial charge in [-0.05, 0) is 32.0 Å².